The first kappa shape index (κ1) is 14.6. The standard InChI is InChI=1S/C16H17BrN2O/c1-2-11-18-13-9-7-12(8-10-13)16(20)19-15-6-4-3-5-14(15)17/h3-10,18H,2,11H2,1H3,(H,19,20). The monoisotopic (exact) mass is 332 g/mol. The average molecular weight is 333 g/mol. The summed E-state index contributed by atoms with van der Waals surface area (Å²) in [5.74, 6) is -0.112. The number of amides is 1. The molecule has 20 heavy (non-hydrogen) atoms. The van der Waals surface area contributed by atoms with Gasteiger partial charge in [-0.3, -0.25) is 4.79 Å². The molecular weight excluding hydrogens is 316 g/mol. The van der Waals surface area contributed by atoms with Crippen molar-refractivity contribution >= 4 is 33.2 Å². The van der Waals surface area contributed by atoms with Gasteiger partial charge in [-0.25, -0.2) is 0 Å². The molecule has 4 heteroatoms. The normalized spacial score (nSPS) is 10.1. The summed E-state index contributed by atoms with van der Waals surface area (Å²) in [5, 5.41) is 6.16. The van der Waals surface area contributed by atoms with Gasteiger partial charge < -0.3 is 10.6 Å². The van der Waals surface area contributed by atoms with Crippen LogP contribution in [0.4, 0.5) is 11.4 Å². The van der Waals surface area contributed by atoms with E-state index in [1.54, 1.807) is 0 Å². The maximum atomic E-state index is 12.1. The Kier molecular flexibility index (Phi) is 5.18. The van der Waals surface area contributed by atoms with E-state index in [0.717, 1.165) is 28.8 Å². The lowest BCUT2D eigenvalue weighted by molar-refractivity contribution is 0.102. The lowest BCUT2D eigenvalue weighted by Gasteiger charge is -2.08. The fourth-order valence-electron chi connectivity index (χ4n) is 1.77. The molecule has 2 aromatic rings. The molecule has 0 unspecified atom stereocenters. The van der Waals surface area contributed by atoms with Crippen LogP contribution in [0.15, 0.2) is 53.0 Å². The van der Waals surface area contributed by atoms with E-state index < -0.39 is 0 Å². The van der Waals surface area contributed by atoms with Gasteiger partial charge in [0, 0.05) is 22.3 Å². The molecule has 0 aromatic heterocycles. The van der Waals surface area contributed by atoms with Crippen LogP contribution in [0.25, 0.3) is 0 Å². The van der Waals surface area contributed by atoms with Gasteiger partial charge in [-0.1, -0.05) is 19.1 Å². The molecule has 0 aliphatic rings. The van der Waals surface area contributed by atoms with E-state index in [-0.39, 0.29) is 5.91 Å². The third-order valence-corrected chi connectivity index (χ3v) is 3.54. The topological polar surface area (TPSA) is 41.1 Å². The van der Waals surface area contributed by atoms with Crippen molar-refractivity contribution in [2.24, 2.45) is 0 Å². The first-order valence-corrected chi connectivity index (χ1v) is 7.40. The van der Waals surface area contributed by atoms with E-state index in [9.17, 15) is 4.79 Å². The molecule has 1 amide bonds. The zero-order chi connectivity index (χ0) is 14.4. The predicted octanol–water partition coefficient (Wildman–Crippen LogP) is 4.52. The van der Waals surface area contributed by atoms with Gasteiger partial charge in [0.2, 0.25) is 0 Å². The van der Waals surface area contributed by atoms with Crippen molar-refractivity contribution in [3.8, 4) is 0 Å². The zero-order valence-corrected chi connectivity index (χ0v) is 12.9. The summed E-state index contributed by atoms with van der Waals surface area (Å²) in [6.45, 7) is 3.05. The van der Waals surface area contributed by atoms with Gasteiger partial charge in [-0.2, -0.15) is 0 Å². The van der Waals surface area contributed by atoms with Crippen LogP contribution in [0.2, 0.25) is 0 Å². The molecule has 2 rings (SSSR count). The molecular formula is C16H17BrN2O. The summed E-state index contributed by atoms with van der Waals surface area (Å²) in [6.07, 6.45) is 1.07. The minimum atomic E-state index is -0.112. The van der Waals surface area contributed by atoms with E-state index in [4.69, 9.17) is 0 Å². The van der Waals surface area contributed by atoms with Gasteiger partial charge in [-0.05, 0) is 58.7 Å². The molecule has 0 saturated heterocycles. The average Bonchev–Trinajstić information content (AvgIpc) is 2.48. The minimum Gasteiger partial charge on any atom is -0.385 e. The Balaban J connectivity index is 2.04. The molecule has 0 bridgehead atoms. The summed E-state index contributed by atoms with van der Waals surface area (Å²) < 4.78 is 0.870. The van der Waals surface area contributed by atoms with Crippen molar-refractivity contribution in [3.63, 3.8) is 0 Å². The molecule has 0 saturated carbocycles. The predicted molar refractivity (Wildman–Crippen MR) is 87.3 cm³/mol. The van der Waals surface area contributed by atoms with Crippen LogP contribution in [0.1, 0.15) is 23.7 Å². The third kappa shape index (κ3) is 3.84. The Bertz CT molecular complexity index is 581. The molecule has 104 valence electrons. The zero-order valence-electron chi connectivity index (χ0n) is 11.3. The number of carbonyl (C=O) groups is 1. The maximum Gasteiger partial charge on any atom is 0.255 e. The van der Waals surface area contributed by atoms with Crippen molar-refractivity contribution in [2.45, 2.75) is 13.3 Å². The number of hydrogen-bond acceptors (Lipinski definition) is 2. The van der Waals surface area contributed by atoms with Crippen LogP contribution >= 0.6 is 15.9 Å². The first-order chi connectivity index (χ1) is 9.70. The second-order valence-electron chi connectivity index (χ2n) is 4.44. The Morgan fingerprint density at radius 2 is 1.80 bits per heavy atom. The molecule has 0 radical (unpaired) electrons. The highest BCUT2D eigenvalue weighted by molar-refractivity contribution is 9.10. The summed E-state index contributed by atoms with van der Waals surface area (Å²) >= 11 is 3.41. The molecule has 0 aliphatic carbocycles. The highest BCUT2D eigenvalue weighted by atomic mass is 79.9. The largest absolute Gasteiger partial charge is 0.385 e. The maximum absolute atomic E-state index is 12.1. The minimum absolute atomic E-state index is 0.112. The number of carbonyl (C=O) groups excluding carboxylic acids is 1. The number of anilines is 2. The first-order valence-electron chi connectivity index (χ1n) is 6.60. The molecule has 3 nitrogen and oxygen atoms in total. The Morgan fingerprint density at radius 1 is 1.10 bits per heavy atom. The van der Waals surface area contributed by atoms with Crippen molar-refractivity contribution in [1.29, 1.82) is 0 Å². The van der Waals surface area contributed by atoms with Crippen LogP contribution in [-0.4, -0.2) is 12.5 Å². The van der Waals surface area contributed by atoms with Gasteiger partial charge in [0.05, 0.1) is 5.69 Å². The second kappa shape index (κ2) is 7.10. The lowest BCUT2D eigenvalue weighted by Crippen LogP contribution is -2.12. The SMILES string of the molecule is CCCNc1ccc(C(=O)Nc2ccccc2Br)cc1. The Morgan fingerprint density at radius 3 is 2.45 bits per heavy atom. The number of hydrogen-bond donors (Lipinski definition) is 2. The summed E-state index contributed by atoms with van der Waals surface area (Å²) in [5.41, 5.74) is 2.44. The molecule has 0 spiro atoms. The van der Waals surface area contributed by atoms with Crippen LogP contribution in [0.5, 0.6) is 0 Å². The van der Waals surface area contributed by atoms with Crippen LogP contribution < -0.4 is 10.6 Å². The fraction of sp³-hybridized carbons (Fsp3) is 0.188. The van der Waals surface area contributed by atoms with Gasteiger partial charge in [0.1, 0.15) is 0 Å². The summed E-state index contributed by atoms with van der Waals surface area (Å²) in [6, 6.07) is 15.0. The lowest BCUT2D eigenvalue weighted by atomic mass is 10.2. The van der Waals surface area contributed by atoms with E-state index in [1.807, 2.05) is 48.5 Å². The van der Waals surface area contributed by atoms with Crippen LogP contribution in [-0.2, 0) is 0 Å². The molecule has 0 aliphatic heterocycles. The quantitative estimate of drug-likeness (QED) is 0.844. The summed E-state index contributed by atoms with van der Waals surface area (Å²) in [4.78, 5) is 12.1. The molecule has 0 atom stereocenters. The smallest absolute Gasteiger partial charge is 0.255 e. The van der Waals surface area contributed by atoms with E-state index in [1.165, 1.54) is 0 Å². The van der Waals surface area contributed by atoms with E-state index >= 15 is 0 Å². The highest BCUT2D eigenvalue weighted by Crippen LogP contribution is 2.22. The highest BCUT2D eigenvalue weighted by Gasteiger charge is 2.07. The van der Waals surface area contributed by atoms with Gasteiger partial charge in [-0.15, -0.1) is 0 Å². The Labute approximate surface area is 127 Å². The van der Waals surface area contributed by atoms with E-state index in [2.05, 4.69) is 33.5 Å². The molecule has 2 aromatic carbocycles. The van der Waals surface area contributed by atoms with Gasteiger partial charge in [0.15, 0.2) is 0 Å². The molecule has 0 fully saturated rings. The molecule has 0 heterocycles. The third-order valence-electron chi connectivity index (χ3n) is 2.85. The van der Waals surface area contributed by atoms with Crippen molar-refractivity contribution in [3.05, 3.63) is 58.6 Å². The van der Waals surface area contributed by atoms with Crippen molar-refractivity contribution < 1.29 is 4.79 Å². The van der Waals surface area contributed by atoms with Crippen LogP contribution in [0.3, 0.4) is 0 Å². The number of benzene rings is 2. The Hall–Kier alpha value is -1.81. The second-order valence-corrected chi connectivity index (χ2v) is 5.29. The van der Waals surface area contributed by atoms with Gasteiger partial charge in [0.25, 0.3) is 5.91 Å². The summed E-state index contributed by atoms with van der Waals surface area (Å²) in [7, 11) is 0. The number of halogens is 1. The van der Waals surface area contributed by atoms with Crippen LogP contribution in [0, 0.1) is 0 Å². The van der Waals surface area contributed by atoms with E-state index in [0.29, 0.717) is 5.56 Å². The van der Waals surface area contributed by atoms with Gasteiger partial charge >= 0.3 is 0 Å². The number of para-hydroxylation sites is 1. The number of nitrogens with one attached hydrogen (secondary N) is 2. The van der Waals surface area contributed by atoms with Crippen molar-refractivity contribution in [2.75, 3.05) is 17.2 Å². The van der Waals surface area contributed by atoms with Crippen molar-refractivity contribution in [1.82, 2.24) is 0 Å². The number of rotatable bonds is 5. The fourth-order valence-corrected chi connectivity index (χ4v) is 2.15. The molecule has 2 N–H and O–H groups in total.